The molecule has 1 heterocycles. The molecule has 0 N–H and O–H groups in total. The monoisotopic (exact) mass is 177 g/mol. The molecule has 68 valence electrons. The van der Waals surface area contributed by atoms with Gasteiger partial charge in [-0.3, -0.25) is 4.79 Å². The lowest BCUT2D eigenvalue weighted by Crippen LogP contribution is -2.43. The van der Waals surface area contributed by atoms with Crippen LogP contribution in [-0.4, -0.2) is 30.7 Å². The number of rotatable bonds is 3. The van der Waals surface area contributed by atoms with Gasteiger partial charge in [0.25, 0.3) is 0 Å². The van der Waals surface area contributed by atoms with Gasteiger partial charge >= 0.3 is 0 Å². The average molecular weight is 177 g/mol. The van der Waals surface area contributed by atoms with E-state index in [9.17, 15) is 4.79 Å². The van der Waals surface area contributed by atoms with Gasteiger partial charge in [-0.1, -0.05) is 30.3 Å². The summed E-state index contributed by atoms with van der Waals surface area (Å²) in [6, 6.07) is 9.33. The van der Waals surface area contributed by atoms with Crippen LogP contribution in [0.15, 0.2) is 30.3 Å². The molecule has 1 fully saturated rings. The maximum absolute atomic E-state index is 11.6. The van der Waals surface area contributed by atoms with Crippen molar-refractivity contribution in [3.05, 3.63) is 35.9 Å². The molecule has 0 spiro atoms. The molecule has 13 heavy (non-hydrogen) atoms. The fraction of sp³-hybridized carbons (Fsp3) is 0.300. The maximum atomic E-state index is 11.6. The summed E-state index contributed by atoms with van der Waals surface area (Å²) in [4.78, 5) is 13.5. The van der Waals surface area contributed by atoms with Crippen molar-refractivity contribution in [1.82, 2.24) is 4.90 Å². The summed E-state index contributed by atoms with van der Waals surface area (Å²) >= 11 is 0. The van der Waals surface area contributed by atoms with E-state index in [0.717, 1.165) is 5.56 Å². The summed E-state index contributed by atoms with van der Waals surface area (Å²) in [5.74, 6) is 0.156. The Bertz CT molecular complexity index is 293. The standard InChI is InChI=1S/C10H11NO2/c12-10(6-11-7-13-8-11)9-4-2-1-3-5-9/h1-5H,6-8H2. The number of benzene rings is 1. The first-order valence-electron chi connectivity index (χ1n) is 4.24. The average Bonchev–Trinajstić information content (AvgIpc) is 2.12. The second kappa shape index (κ2) is 3.68. The number of ketones is 1. The van der Waals surface area contributed by atoms with Gasteiger partial charge in [0, 0.05) is 5.56 Å². The summed E-state index contributed by atoms with van der Waals surface area (Å²) in [6.07, 6.45) is 0. The Morgan fingerprint density at radius 1 is 1.31 bits per heavy atom. The van der Waals surface area contributed by atoms with Crippen molar-refractivity contribution < 1.29 is 9.53 Å². The van der Waals surface area contributed by atoms with E-state index in [0.29, 0.717) is 20.0 Å². The number of Topliss-reactive ketones (excluding diaryl/α,β-unsaturated/α-hetero) is 1. The van der Waals surface area contributed by atoms with Crippen molar-refractivity contribution in [2.45, 2.75) is 0 Å². The molecule has 1 aromatic rings. The molecule has 0 amide bonds. The van der Waals surface area contributed by atoms with Crippen molar-refractivity contribution in [3.63, 3.8) is 0 Å². The second-order valence-corrected chi connectivity index (χ2v) is 3.08. The normalized spacial score (nSPS) is 16.6. The Kier molecular flexibility index (Phi) is 2.38. The van der Waals surface area contributed by atoms with Crippen LogP contribution in [0, 0.1) is 0 Å². The van der Waals surface area contributed by atoms with E-state index < -0.39 is 0 Å². The lowest BCUT2D eigenvalue weighted by molar-refractivity contribution is -0.137. The van der Waals surface area contributed by atoms with Crippen molar-refractivity contribution in [3.8, 4) is 0 Å². The number of carbonyl (C=O) groups excluding carboxylic acids is 1. The predicted molar refractivity (Wildman–Crippen MR) is 48.3 cm³/mol. The first-order chi connectivity index (χ1) is 6.36. The van der Waals surface area contributed by atoms with Crippen LogP contribution in [0.3, 0.4) is 0 Å². The molecular formula is C10H11NO2. The van der Waals surface area contributed by atoms with Gasteiger partial charge in [-0.2, -0.15) is 0 Å². The van der Waals surface area contributed by atoms with Gasteiger partial charge in [0.05, 0.1) is 6.54 Å². The van der Waals surface area contributed by atoms with Crippen LogP contribution in [0.1, 0.15) is 10.4 Å². The van der Waals surface area contributed by atoms with E-state index in [1.807, 2.05) is 35.2 Å². The highest BCUT2D eigenvalue weighted by atomic mass is 16.5. The lowest BCUT2D eigenvalue weighted by Gasteiger charge is -2.29. The molecule has 1 aliphatic heterocycles. The minimum absolute atomic E-state index is 0.156. The van der Waals surface area contributed by atoms with Crippen LogP contribution in [-0.2, 0) is 4.74 Å². The molecule has 0 bridgehead atoms. The van der Waals surface area contributed by atoms with Gasteiger partial charge < -0.3 is 4.74 Å². The molecule has 0 unspecified atom stereocenters. The number of hydrogen-bond acceptors (Lipinski definition) is 3. The fourth-order valence-corrected chi connectivity index (χ4v) is 1.23. The Morgan fingerprint density at radius 3 is 2.54 bits per heavy atom. The molecule has 1 saturated heterocycles. The Balaban J connectivity index is 1.97. The van der Waals surface area contributed by atoms with E-state index in [1.54, 1.807) is 0 Å². The number of hydrogen-bond donors (Lipinski definition) is 0. The van der Waals surface area contributed by atoms with Crippen LogP contribution in [0.25, 0.3) is 0 Å². The molecular weight excluding hydrogens is 166 g/mol. The first kappa shape index (κ1) is 8.41. The minimum Gasteiger partial charge on any atom is -0.351 e. The molecule has 0 atom stereocenters. The predicted octanol–water partition coefficient (Wildman–Crippen LogP) is 1.12. The molecule has 1 aromatic carbocycles. The Labute approximate surface area is 76.9 Å². The zero-order valence-electron chi connectivity index (χ0n) is 7.27. The van der Waals surface area contributed by atoms with E-state index >= 15 is 0 Å². The van der Waals surface area contributed by atoms with Gasteiger partial charge in [-0.15, -0.1) is 0 Å². The maximum Gasteiger partial charge on any atom is 0.176 e. The molecule has 3 heteroatoms. The second-order valence-electron chi connectivity index (χ2n) is 3.08. The summed E-state index contributed by atoms with van der Waals surface area (Å²) in [6.45, 7) is 1.63. The van der Waals surface area contributed by atoms with Crippen molar-refractivity contribution in [2.24, 2.45) is 0 Å². The first-order valence-corrected chi connectivity index (χ1v) is 4.24. The van der Waals surface area contributed by atoms with Crippen LogP contribution in [0.4, 0.5) is 0 Å². The largest absolute Gasteiger partial charge is 0.351 e. The SMILES string of the molecule is O=C(CN1COC1)c1ccccc1. The van der Waals surface area contributed by atoms with Gasteiger partial charge in [0.2, 0.25) is 0 Å². The van der Waals surface area contributed by atoms with Crippen molar-refractivity contribution >= 4 is 5.78 Å². The smallest absolute Gasteiger partial charge is 0.176 e. The fourth-order valence-electron chi connectivity index (χ4n) is 1.23. The van der Waals surface area contributed by atoms with Crippen LogP contribution >= 0.6 is 0 Å². The number of ether oxygens (including phenoxy) is 1. The number of carbonyl (C=O) groups is 1. The zero-order valence-corrected chi connectivity index (χ0v) is 7.27. The minimum atomic E-state index is 0.156. The quantitative estimate of drug-likeness (QED) is 0.648. The molecule has 2 rings (SSSR count). The van der Waals surface area contributed by atoms with Crippen LogP contribution < -0.4 is 0 Å². The summed E-state index contributed by atoms with van der Waals surface area (Å²) in [5, 5.41) is 0. The summed E-state index contributed by atoms with van der Waals surface area (Å²) in [5.41, 5.74) is 0.773. The molecule has 0 aliphatic carbocycles. The zero-order chi connectivity index (χ0) is 9.10. The molecule has 0 aromatic heterocycles. The lowest BCUT2D eigenvalue weighted by atomic mass is 10.1. The third-order valence-electron chi connectivity index (χ3n) is 2.01. The number of nitrogens with zero attached hydrogens (tertiary/aromatic N) is 1. The van der Waals surface area contributed by atoms with Gasteiger partial charge in [-0.05, 0) is 0 Å². The van der Waals surface area contributed by atoms with Crippen LogP contribution in [0.2, 0.25) is 0 Å². The Morgan fingerprint density at radius 2 is 2.00 bits per heavy atom. The van der Waals surface area contributed by atoms with E-state index in [2.05, 4.69) is 0 Å². The third-order valence-corrected chi connectivity index (χ3v) is 2.01. The topological polar surface area (TPSA) is 29.5 Å². The van der Waals surface area contributed by atoms with Crippen molar-refractivity contribution in [1.29, 1.82) is 0 Å². The summed E-state index contributed by atoms with van der Waals surface area (Å²) in [7, 11) is 0. The van der Waals surface area contributed by atoms with E-state index in [-0.39, 0.29) is 5.78 Å². The van der Waals surface area contributed by atoms with Crippen molar-refractivity contribution in [2.75, 3.05) is 20.0 Å². The molecule has 1 aliphatic rings. The highest BCUT2D eigenvalue weighted by Crippen LogP contribution is 2.05. The van der Waals surface area contributed by atoms with E-state index in [4.69, 9.17) is 4.74 Å². The molecule has 3 nitrogen and oxygen atoms in total. The molecule has 0 saturated carbocycles. The van der Waals surface area contributed by atoms with Gasteiger partial charge in [0.1, 0.15) is 13.5 Å². The van der Waals surface area contributed by atoms with Gasteiger partial charge in [0.15, 0.2) is 5.78 Å². The third kappa shape index (κ3) is 1.94. The van der Waals surface area contributed by atoms with E-state index in [1.165, 1.54) is 0 Å². The van der Waals surface area contributed by atoms with Crippen LogP contribution in [0.5, 0.6) is 0 Å². The van der Waals surface area contributed by atoms with Gasteiger partial charge in [-0.25, -0.2) is 4.90 Å². The highest BCUT2D eigenvalue weighted by Gasteiger charge is 2.18. The molecule has 0 radical (unpaired) electrons. The highest BCUT2D eigenvalue weighted by molar-refractivity contribution is 5.97. The summed E-state index contributed by atoms with van der Waals surface area (Å²) < 4.78 is 4.95. The Hall–Kier alpha value is -1.19.